The highest BCUT2D eigenvalue weighted by molar-refractivity contribution is 6.37. The van der Waals surface area contributed by atoms with Crippen molar-refractivity contribution in [2.24, 2.45) is 11.7 Å². The monoisotopic (exact) mass is 508 g/mol. The first-order valence-electron chi connectivity index (χ1n) is 11.2. The van der Waals surface area contributed by atoms with Crippen molar-refractivity contribution in [3.8, 4) is 11.5 Å². The van der Waals surface area contributed by atoms with Crippen molar-refractivity contribution in [3.05, 3.63) is 57.6 Å². The van der Waals surface area contributed by atoms with Gasteiger partial charge in [-0.1, -0.05) is 35.3 Å². The molecule has 3 rings (SSSR count). The molecule has 1 heterocycles. The van der Waals surface area contributed by atoms with Crippen LogP contribution in [0.25, 0.3) is 0 Å². The summed E-state index contributed by atoms with van der Waals surface area (Å²) in [5.74, 6) is 0.224. The molecule has 1 amide bonds. The lowest BCUT2D eigenvalue weighted by molar-refractivity contribution is -0.152. The van der Waals surface area contributed by atoms with Crippen molar-refractivity contribution < 1.29 is 23.8 Å². The molecule has 184 valence electrons. The Hall–Kier alpha value is -2.48. The third kappa shape index (κ3) is 6.56. The van der Waals surface area contributed by atoms with E-state index in [4.69, 9.17) is 43.1 Å². The summed E-state index contributed by atoms with van der Waals surface area (Å²) in [6.45, 7) is 3.25. The zero-order valence-electron chi connectivity index (χ0n) is 19.4. The average Bonchev–Trinajstić information content (AvgIpc) is 3.31. The number of nitrogens with two attached hydrogens (primary N) is 1. The summed E-state index contributed by atoms with van der Waals surface area (Å²) in [5.41, 5.74) is 7.83. The van der Waals surface area contributed by atoms with Gasteiger partial charge in [0, 0.05) is 13.1 Å². The van der Waals surface area contributed by atoms with E-state index < -0.39 is 12.0 Å². The maximum Gasteiger partial charge on any atom is 0.328 e. The molecule has 2 aromatic carbocycles. The van der Waals surface area contributed by atoms with Gasteiger partial charge in [-0.2, -0.15) is 0 Å². The van der Waals surface area contributed by atoms with Crippen LogP contribution in [-0.4, -0.2) is 56.2 Å². The Kier molecular flexibility index (Phi) is 9.45. The van der Waals surface area contributed by atoms with Gasteiger partial charge in [-0.05, 0) is 61.6 Å². The van der Waals surface area contributed by atoms with E-state index in [2.05, 4.69) is 0 Å². The molecular formula is C25H30Cl2N2O5. The van der Waals surface area contributed by atoms with Crippen LogP contribution < -0.4 is 15.2 Å². The molecular weight excluding hydrogens is 479 g/mol. The summed E-state index contributed by atoms with van der Waals surface area (Å²) in [7, 11) is 1.34. The molecule has 0 bridgehead atoms. The molecule has 0 aromatic heterocycles. The van der Waals surface area contributed by atoms with Gasteiger partial charge in [0.05, 0.1) is 23.1 Å². The number of benzene rings is 2. The number of hydrogen-bond donors (Lipinski definition) is 1. The van der Waals surface area contributed by atoms with E-state index in [-0.39, 0.29) is 25.0 Å². The number of nitrogens with zero attached hydrogens (tertiary/aromatic N) is 1. The van der Waals surface area contributed by atoms with Crippen LogP contribution in [0.3, 0.4) is 0 Å². The first kappa shape index (κ1) is 26.1. The number of carbonyl (C=O) groups excluding carboxylic acids is 2. The Labute approximate surface area is 210 Å². The van der Waals surface area contributed by atoms with Crippen LogP contribution in [-0.2, 0) is 20.7 Å². The fraction of sp³-hybridized carbons (Fsp3) is 0.440. The van der Waals surface area contributed by atoms with Gasteiger partial charge in [0.2, 0.25) is 5.91 Å². The second-order valence-electron chi connectivity index (χ2n) is 8.25. The van der Waals surface area contributed by atoms with Gasteiger partial charge in [0.1, 0.15) is 25.0 Å². The smallest absolute Gasteiger partial charge is 0.328 e. The summed E-state index contributed by atoms with van der Waals surface area (Å²) in [5, 5.41) is 0.926. The first-order chi connectivity index (χ1) is 16.3. The third-order valence-corrected chi connectivity index (χ3v) is 6.35. The van der Waals surface area contributed by atoms with Crippen molar-refractivity contribution in [1.29, 1.82) is 0 Å². The predicted molar refractivity (Wildman–Crippen MR) is 132 cm³/mol. The van der Waals surface area contributed by atoms with E-state index in [1.807, 2.05) is 31.2 Å². The predicted octanol–water partition coefficient (Wildman–Crippen LogP) is 4.04. The van der Waals surface area contributed by atoms with E-state index in [0.717, 1.165) is 17.5 Å². The summed E-state index contributed by atoms with van der Waals surface area (Å²) >= 11 is 12.4. The van der Waals surface area contributed by atoms with E-state index in [9.17, 15) is 9.59 Å². The van der Waals surface area contributed by atoms with E-state index >= 15 is 0 Å². The third-order valence-electron chi connectivity index (χ3n) is 5.79. The minimum absolute atomic E-state index is 0.110. The number of aryl methyl sites for hydroxylation is 1. The zero-order valence-corrected chi connectivity index (χ0v) is 20.9. The van der Waals surface area contributed by atoms with Crippen molar-refractivity contribution in [1.82, 2.24) is 4.90 Å². The molecule has 0 spiro atoms. The maximum absolute atomic E-state index is 13.0. The fourth-order valence-corrected chi connectivity index (χ4v) is 4.76. The standard InChI is InChI=1S/C25H30Cl2N2O5/c1-16-12-20(26)23(21(27)13-16)34-11-10-33-19-7-5-17(6-8-19)14-18(15-28)24(30)29-9-3-4-22(29)25(31)32-2/h5-8,12-13,18,22H,3-4,9-11,14-15,28H2,1-2H3. The summed E-state index contributed by atoms with van der Waals surface area (Å²) in [6.07, 6.45) is 1.88. The number of hydrogen-bond acceptors (Lipinski definition) is 6. The highest BCUT2D eigenvalue weighted by atomic mass is 35.5. The van der Waals surface area contributed by atoms with Gasteiger partial charge < -0.3 is 24.8 Å². The van der Waals surface area contributed by atoms with E-state index in [1.54, 1.807) is 17.0 Å². The molecule has 7 nitrogen and oxygen atoms in total. The molecule has 1 saturated heterocycles. The van der Waals surface area contributed by atoms with Crippen molar-refractivity contribution in [2.75, 3.05) is 33.4 Å². The topological polar surface area (TPSA) is 91.1 Å². The van der Waals surface area contributed by atoms with Gasteiger partial charge in [0.25, 0.3) is 0 Å². The van der Waals surface area contributed by atoms with Gasteiger partial charge in [-0.15, -0.1) is 0 Å². The molecule has 0 saturated carbocycles. The number of ether oxygens (including phenoxy) is 3. The average molecular weight is 509 g/mol. The van der Waals surface area contributed by atoms with Gasteiger partial charge in [-0.25, -0.2) is 4.79 Å². The Morgan fingerprint density at radius 3 is 2.38 bits per heavy atom. The van der Waals surface area contributed by atoms with Gasteiger partial charge in [0.15, 0.2) is 5.75 Å². The van der Waals surface area contributed by atoms with Gasteiger partial charge >= 0.3 is 5.97 Å². The number of likely N-dealkylation sites (tertiary alicyclic amines) is 1. The first-order valence-corrected chi connectivity index (χ1v) is 12.0. The second-order valence-corrected chi connectivity index (χ2v) is 9.06. The Morgan fingerprint density at radius 1 is 1.12 bits per heavy atom. The summed E-state index contributed by atoms with van der Waals surface area (Å²) in [6, 6.07) is 10.6. The van der Waals surface area contributed by atoms with Crippen molar-refractivity contribution >= 4 is 35.1 Å². The van der Waals surface area contributed by atoms with Crippen LogP contribution in [0.1, 0.15) is 24.0 Å². The summed E-state index contributed by atoms with van der Waals surface area (Å²) in [4.78, 5) is 26.6. The molecule has 2 unspecified atom stereocenters. The molecule has 2 aromatic rings. The van der Waals surface area contributed by atoms with Crippen LogP contribution in [0, 0.1) is 12.8 Å². The van der Waals surface area contributed by atoms with Crippen molar-refractivity contribution in [3.63, 3.8) is 0 Å². The van der Waals surface area contributed by atoms with Crippen LogP contribution >= 0.6 is 23.2 Å². The van der Waals surface area contributed by atoms with Crippen LogP contribution in [0.2, 0.25) is 10.0 Å². The molecule has 2 N–H and O–H groups in total. The van der Waals surface area contributed by atoms with Crippen LogP contribution in [0.15, 0.2) is 36.4 Å². The lowest BCUT2D eigenvalue weighted by Crippen LogP contribution is -2.46. The number of methoxy groups -OCH3 is 1. The molecule has 34 heavy (non-hydrogen) atoms. The number of esters is 1. The van der Waals surface area contributed by atoms with Crippen molar-refractivity contribution in [2.45, 2.75) is 32.2 Å². The largest absolute Gasteiger partial charge is 0.490 e. The van der Waals surface area contributed by atoms with E-state index in [1.165, 1.54) is 7.11 Å². The number of halogens is 2. The Bertz CT molecular complexity index is 976. The molecule has 0 radical (unpaired) electrons. The number of rotatable bonds is 10. The minimum Gasteiger partial charge on any atom is -0.490 e. The lowest BCUT2D eigenvalue weighted by Gasteiger charge is -2.27. The Balaban J connectivity index is 1.51. The highest BCUT2D eigenvalue weighted by Gasteiger charge is 2.37. The van der Waals surface area contributed by atoms with Crippen LogP contribution in [0.4, 0.5) is 0 Å². The van der Waals surface area contributed by atoms with Gasteiger partial charge in [-0.3, -0.25) is 4.79 Å². The van der Waals surface area contributed by atoms with Crippen LogP contribution in [0.5, 0.6) is 11.5 Å². The molecule has 1 fully saturated rings. The number of carbonyl (C=O) groups is 2. The molecule has 1 aliphatic heterocycles. The minimum atomic E-state index is -0.519. The lowest BCUT2D eigenvalue weighted by atomic mass is 9.97. The Morgan fingerprint density at radius 2 is 1.76 bits per heavy atom. The van der Waals surface area contributed by atoms with E-state index in [0.29, 0.717) is 47.5 Å². The SMILES string of the molecule is COC(=O)C1CCCN1C(=O)C(CN)Cc1ccc(OCCOc2c(Cl)cc(C)cc2Cl)cc1. The fourth-order valence-electron chi connectivity index (χ4n) is 4.05. The molecule has 9 heteroatoms. The molecule has 0 aliphatic carbocycles. The second kappa shape index (κ2) is 12.3. The molecule has 2 atom stereocenters. The highest BCUT2D eigenvalue weighted by Crippen LogP contribution is 2.34. The maximum atomic E-state index is 13.0. The normalized spacial score (nSPS) is 16.3. The number of amides is 1. The quantitative estimate of drug-likeness (QED) is 0.384. The molecule has 1 aliphatic rings. The zero-order chi connectivity index (χ0) is 24.7. The summed E-state index contributed by atoms with van der Waals surface area (Å²) < 4.78 is 16.2.